The van der Waals surface area contributed by atoms with Gasteiger partial charge < -0.3 is 10.1 Å². The van der Waals surface area contributed by atoms with Crippen molar-refractivity contribution in [2.75, 3.05) is 7.05 Å². The van der Waals surface area contributed by atoms with Gasteiger partial charge in [0.05, 0.1) is 0 Å². The van der Waals surface area contributed by atoms with Gasteiger partial charge in [0.15, 0.2) is 4.96 Å². The zero-order valence-electron chi connectivity index (χ0n) is 11.2. The van der Waals surface area contributed by atoms with Gasteiger partial charge in [0.2, 0.25) is 5.88 Å². The van der Waals surface area contributed by atoms with Gasteiger partial charge in [-0.25, -0.2) is 0 Å². The lowest BCUT2D eigenvalue weighted by atomic mass is 10.2. The molecule has 0 spiro atoms. The van der Waals surface area contributed by atoms with Gasteiger partial charge in [0.1, 0.15) is 11.4 Å². The Labute approximate surface area is 129 Å². The summed E-state index contributed by atoms with van der Waals surface area (Å²) in [6.45, 7) is 2.75. The monoisotopic (exact) mass is 351 g/mol. The Hall–Kier alpha value is -1.37. The predicted octanol–water partition coefficient (Wildman–Crippen LogP) is 3.98. The van der Waals surface area contributed by atoms with Gasteiger partial charge in [-0.05, 0) is 37.7 Å². The molecule has 0 aliphatic rings. The van der Waals surface area contributed by atoms with E-state index < -0.39 is 0 Å². The molecule has 0 amide bonds. The zero-order valence-corrected chi connectivity index (χ0v) is 13.6. The van der Waals surface area contributed by atoms with Gasteiger partial charge in [-0.2, -0.15) is 4.98 Å². The summed E-state index contributed by atoms with van der Waals surface area (Å²) in [7, 11) is 1.92. The highest BCUT2D eigenvalue weighted by Crippen LogP contribution is 2.29. The van der Waals surface area contributed by atoms with Crippen molar-refractivity contribution in [1.29, 1.82) is 0 Å². The maximum atomic E-state index is 5.96. The summed E-state index contributed by atoms with van der Waals surface area (Å²) in [5.41, 5.74) is 2.17. The third kappa shape index (κ3) is 2.46. The SMILES string of the molecule is CNCc1c(Oc2ccc(Br)c(C)c2)nc2sccn12. The highest BCUT2D eigenvalue weighted by atomic mass is 79.9. The van der Waals surface area contributed by atoms with Gasteiger partial charge in [0, 0.05) is 22.6 Å². The quantitative estimate of drug-likeness (QED) is 0.772. The van der Waals surface area contributed by atoms with E-state index in [0.717, 1.165) is 26.4 Å². The molecule has 20 heavy (non-hydrogen) atoms. The summed E-state index contributed by atoms with van der Waals surface area (Å²) in [6.07, 6.45) is 2.01. The minimum atomic E-state index is 0.660. The lowest BCUT2D eigenvalue weighted by Gasteiger charge is -2.07. The Bertz CT molecular complexity index is 750. The number of halogens is 1. The number of aryl methyl sites for hydroxylation is 1. The van der Waals surface area contributed by atoms with E-state index in [-0.39, 0.29) is 0 Å². The van der Waals surface area contributed by atoms with E-state index in [4.69, 9.17) is 4.74 Å². The van der Waals surface area contributed by atoms with E-state index in [9.17, 15) is 0 Å². The first-order valence-corrected chi connectivity index (χ1v) is 7.89. The van der Waals surface area contributed by atoms with Gasteiger partial charge in [0.25, 0.3) is 0 Å². The second-order valence-electron chi connectivity index (χ2n) is 4.46. The fraction of sp³-hybridized carbons (Fsp3) is 0.214. The minimum Gasteiger partial charge on any atom is -0.437 e. The molecule has 2 heterocycles. The van der Waals surface area contributed by atoms with Crippen molar-refractivity contribution in [2.24, 2.45) is 0 Å². The summed E-state index contributed by atoms with van der Waals surface area (Å²) in [5, 5.41) is 5.18. The molecule has 4 nitrogen and oxygen atoms in total. The second kappa shape index (κ2) is 5.55. The first-order valence-electron chi connectivity index (χ1n) is 6.22. The van der Waals surface area contributed by atoms with Crippen LogP contribution in [0.3, 0.4) is 0 Å². The topological polar surface area (TPSA) is 38.6 Å². The van der Waals surface area contributed by atoms with E-state index in [1.54, 1.807) is 11.3 Å². The number of nitrogens with one attached hydrogen (secondary N) is 1. The number of hydrogen-bond donors (Lipinski definition) is 1. The second-order valence-corrected chi connectivity index (χ2v) is 6.19. The van der Waals surface area contributed by atoms with Gasteiger partial charge >= 0.3 is 0 Å². The van der Waals surface area contributed by atoms with E-state index >= 15 is 0 Å². The molecule has 104 valence electrons. The number of fused-ring (bicyclic) bond motifs is 1. The number of aromatic nitrogens is 2. The van der Waals surface area contributed by atoms with Gasteiger partial charge in [-0.1, -0.05) is 15.9 Å². The van der Waals surface area contributed by atoms with Crippen LogP contribution in [-0.4, -0.2) is 16.4 Å². The molecule has 0 saturated heterocycles. The average molecular weight is 352 g/mol. The van der Waals surface area contributed by atoms with Crippen LogP contribution in [0.25, 0.3) is 4.96 Å². The van der Waals surface area contributed by atoms with Crippen LogP contribution in [0.5, 0.6) is 11.6 Å². The van der Waals surface area contributed by atoms with Crippen LogP contribution in [0, 0.1) is 6.92 Å². The molecular weight excluding hydrogens is 338 g/mol. The van der Waals surface area contributed by atoms with Crippen molar-refractivity contribution < 1.29 is 4.74 Å². The third-order valence-electron chi connectivity index (χ3n) is 3.01. The van der Waals surface area contributed by atoms with Crippen LogP contribution in [0.4, 0.5) is 0 Å². The van der Waals surface area contributed by atoms with Crippen LogP contribution in [0.1, 0.15) is 11.3 Å². The Kier molecular flexibility index (Phi) is 3.78. The van der Waals surface area contributed by atoms with E-state index in [0.29, 0.717) is 12.4 Å². The molecule has 2 aromatic heterocycles. The van der Waals surface area contributed by atoms with Crippen molar-refractivity contribution in [3.8, 4) is 11.6 Å². The average Bonchev–Trinajstić information content (AvgIpc) is 2.98. The lowest BCUT2D eigenvalue weighted by Crippen LogP contribution is -2.08. The first kappa shape index (κ1) is 13.6. The molecule has 3 aromatic rings. The molecule has 0 radical (unpaired) electrons. The fourth-order valence-electron chi connectivity index (χ4n) is 2.02. The summed E-state index contributed by atoms with van der Waals surface area (Å²) in [5.74, 6) is 1.46. The number of benzene rings is 1. The molecule has 0 saturated carbocycles. The Morgan fingerprint density at radius 1 is 1.45 bits per heavy atom. The Morgan fingerprint density at radius 3 is 3.05 bits per heavy atom. The summed E-state index contributed by atoms with van der Waals surface area (Å²) >= 11 is 5.09. The van der Waals surface area contributed by atoms with Crippen molar-refractivity contribution in [1.82, 2.24) is 14.7 Å². The highest BCUT2D eigenvalue weighted by molar-refractivity contribution is 9.10. The fourth-order valence-corrected chi connectivity index (χ4v) is 2.99. The van der Waals surface area contributed by atoms with Crippen molar-refractivity contribution >= 4 is 32.2 Å². The molecule has 0 fully saturated rings. The Balaban J connectivity index is 1.98. The molecule has 0 atom stereocenters. The van der Waals surface area contributed by atoms with Gasteiger partial charge in [-0.3, -0.25) is 4.40 Å². The van der Waals surface area contributed by atoms with Crippen molar-refractivity contribution in [3.63, 3.8) is 0 Å². The van der Waals surface area contributed by atoms with Crippen LogP contribution in [0.2, 0.25) is 0 Å². The van der Waals surface area contributed by atoms with Gasteiger partial charge in [-0.15, -0.1) is 11.3 Å². The molecule has 0 aliphatic carbocycles. The van der Waals surface area contributed by atoms with Crippen LogP contribution >= 0.6 is 27.3 Å². The molecular formula is C14H14BrN3OS. The van der Waals surface area contributed by atoms with Crippen LogP contribution in [0.15, 0.2) is 34.2 Å². The van der Waals surface area contributed by atoms with Crippen LogP contribution in [-0.2, 0) is 6.54 Å². The molecule has 0 unspecified atom stereocenters. The lowest BCUT2D eigenvalue weighted by molar-refractivity contribution is 0.456. The molecule has 6 heteroatoms. The standard InChI is InChI=1S/C14H14BrN3OS/c1-9-7-10(3-4-11(9)15)19-13-12(8-16-2)18-5-6-20-14(18)17-13/h3-7,16H,8H2,1-2H3. The maximum Gasteiger partial charge on any atom is 0.243 e. The first-order chi connectivity index (χ1) is 9.69. The number of thiazole rings is 1. The number of hydrogen-bond acceptors (Lipinski definition) is 4. The normalized spacial score (nSPS) is 11.2. The summed E-state index contributed by atoms with van der Waals surface area (Å²) in [6, 6.07) is 5.93. The number of ether oxygens (including phenoxy) is 1. The maximum absolute atomic E-state index is 5.96. The highest BCUT2D eigenvalue weighted by Gasteiger charge is 2.14. The van der Waals surface area contributed by atoms with E-state index in [2.05, 4.69) is 30.6 Å². The largest absolute Gasteiger partial charge is 0.437 e. The predicted molar refractivity (Wildman–Crippen MR) is 84.8 cm³/mol. The van der Waals surface area contributed by atoms with E-state index in [1.165, 1.54) is 0 Å². The van der Waals surface area contributed by atoms with Crippen molar-refractivity contribution in [2.45, 2.75) is 13.5 Å². The number of imidazole rings is 1. The Morgan fingerprint density at radius 2 is 2.30 bits per heavy atom. The third-order valence-corrected chi connectivity index (χ3v) is 4.66. The van der Waals surface area contributed by atoms with Crippen LogP contribution < -0.4 is 10.1 Å². The van der Waals surface area contributed by atoms with Crippen molar-refractivity contribution in [3.05, 3.63) is 45.5 Å². The summed E-state index contributed by atoms with van der Waals surface area (Å²) in [4.78, 5) is 5.49. The zero-order chi connectivity index (χ0) is 14.1. The molecule has 0 bridgehead atoms. The van der Waals surface area contributed by atoms with E-state index in [1.807, 2.05) is 43.7 Å². The molecule has 1 aromatic carbocycles. The smallest absolute Gasteiger partial charge is 0.243 e. The minimum absolute atomic E-state index is 0.660. The molecule has 0 aliphatic heterocycles. The molecule has 1 N–H and O–H groups in total. The molecule has 3 rings (SSSR count). The number of rotatable bonds is 4. The number of nitrogens with zero attached hydrogens (tertiary/aromatic N) is 2. The summed E-state index contributed by atoms with van der Waals surface area (Å²) < 4.78 is 9.09.